The van der Waals surface area contributed by atoms with Crippen LogP contribution in [0, 0.1) is 0 Å². The lowest BCUT2D eigenvalue weighted by atomic mass is 10.1. The monoisotopic (exact) mass is 449 g/mol. The Bertz CT molecular complexity index is 1590. The first kappa shape index (κ1) is 20.0. The number of aromatic nitrogens is 4. The molecule has 1 aliphatic rings. The van der Waals surface area contributed by atoms with E-state index in [0.29, 0.717) is 29.1 Å². The first-order valence-electron chi connectivity index (χ1n) is 11.0. The zero-order valence-electron chi connectivity index (χ0n) is 18.1. The molecule has 0 fully saturated rings. The average Bonchev–Trinajstić information content (AvgIpc) is 3.54. The van der Waals surface area contributed by atoms with Gasteiger partial charge in [0.25, 0.3) is 11.4 Å². The van der Waals surface area contributed by atoms with Crippen molar-refractivity contribution in [1.82, 2.24) is 19.7 Å². The van der Waals surface area contributed by atoms with E-state index in [9.17, 15) is 9.59 Å². The minimum absolute atomic E-state index is 0.0586. The zero-order chi connectivity index (χ0) is 23.1. The zero-order valence-corrected chi connectivity index (χ0v) is 18.1. The normalized spacial score (nSPS) is 12.8. The van der Waals surface area contributed by atoms with E-state index < -0.39 is 0 Å². The molecule has 3 aromatic heterocycles. The molecule has 4 heterocycles. The molecule has 0 spiro atoms. The summed E-state index contributed by atoms with van der Waals surface area (Å²) in [6, 6.07) is 22.1. The van der Waals surface area contributed by atoms with E-state index in [1.807, 2.05) is 54.6 Å². The third kappa shape index (κ3) is 3.36. The van der Waals surface area contributed by atoms with Crippen LogP contribution in [-0.2, 0) is 17.8 Å². The van der Waals surface area contributed by atoms with Crippen molar-refractivity contribution in [3.8, 4) is 23.0 Å². The third-order valence-corrected chi connectivity index (χ3v) is 6.05. The van der Waals surface area contributed by atoms with Gasteiger partial charge in [0.05, 0.1) is 11.1 Å². The smallest absolute Gasteiger partial charge is 0.259 e. The Morgan fingerprint density at radius 3 is 2.71 bits per heavy atom. The van der Waals surface area contributed by atoms with Gasteiger partial charge in [-0.3, -0.25) is 19.1 Å². The van der Waals surface area contributed by atoms with Crippen molar-refractivity contribution in [2.45, 2.75) is 13.0 Å². The highest BCUT2D eigenvalue weighted by Gasteiger charge is 2.25. The van der Waals surface area contributed by atoms with Crippen molar-refractivity contribution < 1.29 is 9.32 Å². The number of carbonyl (C=O) groups is 1. The van der Waals surface area contributed by atoms with Crippen LogP contribution in [0.5, 0.6) is 0 Å². The molecule has 2 aromatic carbocycles. The van der Waals surface area contributed by atoms with Crippen LogP contribution in [-0.4, -0.2) is 32.1 Å². The summed E-state index contributed by atoms with van der Waals surface area (Å²) in [5.74, 6) is 0.438. The molecule has 5 aromatic rings. The van der Waals surface area contributed by atoms with E-state index in [2.05, 4.69) is 15.1 Å². The molecule has 0 bridgehead atoms. The maximum absolute atomic E-state index is 13.2. The van der Waals surface area contributed by atoms with Gasteiger partial charge in [-0.15, -0.1) is 0 Å². The van der Waals surface area contributed by atoms with E-state index >= 15 is 0 Å². The van der Waals surface area contributed by atoms with Crippen molar-refractivity contribution in [2.75, 3.05) is 11.4 Å². The number of nitrogens with zero attached hydrogens (tertiary/aromatic N) is 5. The molecule has 8 nitrogen and oxygen atoms in total. The highest BCUT2D eigenvalue weighted by molar-refractivity contribution is 5.97. The summed E-state index contributed by atoms with van der Waals surface area (Å²) in [5, 5.41) is 4.77. The summed E-state index contributed by atoms with van der Waals surface area (Å²) in [5.41, 5.74) is 3.46. The molecule has 0 radical (unpaired) electrons. The number of carbonyl (C=O) groups excluding carboxylic acids is 1. The van der Waals surface area contributed by atoms with Crippen molar-refractivity contribution in [1.29, 1.82) is 0 Å². The quantitative estimate of drug-likeness (QED) is 0.415. The van der Waals surface area contributed by atoms with Gasteiger partial charge in [0.1, 0.15) is 12.2 Å². The third-order valence-electron chi connectivity index (χ3n) is 6.05. The minimum Gasteiger partial charge on any atom is -0.334 e. The first-order chi connectivity index (χ1) is 16.7. The van der Waals surface area contributed by atoms with Crippen molar-refractivity contribution >= 4 is 22.5 Å². The minimum atomic E-state index is -0.313. The molecule has 0 saturated carbocycles. The van der Waals surface area contributed by atoms with Gasteiger partial charge >= 0.3 is 0 Å². The second kappa shape index (κ2) is 8.08. The van der Waals surface area contributed by atoms with E-state index in [0.717, 1.165) is 23.1 Å². The number of fused-ring (bicyclic) bond motifs is 2. The summed E-state index contributed by atoms with van der Waals surface area (Å²) >= 11 is 0. The molecule has 0 atom stereocenters. The number of pyridine rings is 2. The van der Waals surface area contributed by atoms with Gasteiger partial charge in [0.15, 0.2) is 0 Å². The lowest BCUT2D eigenvalue weighted by Gasteiger charge is -2.19. The Balaban J connectivity index is 1.39. The van der Waals surface area contributed by atoms with Gasteiger partial charge in [-0.05, 0) is 36.2 Å². The van der Waals surface area contributed by atoms with E-state index in [1.54, 1.807) is 23.2 Å². The summed E-state index contributed by atoms with van der Waals surface area (Å²) in [6.07, 6.45) is 2.46. The summed E-state index contributed by atoms with van der Waals surface area (Å²) in [6.45, 7) is 0.554. The second-order valence-electron chi connectivity index (χ2n) is 8.06. The predicted molar refractivity (Wildman–Crippen MR) is 127 cm³/mol. The number of rotatable bonds is 4. The SMILES string of the molecule is O=C(Cn1c(=O)cc(-c2nc(-c3ccccn3)no2)c2ccccc21)N1CCc2ccccc21. The summed E-state index contributed by atoms with van der Waals surface area (Å²) in [7, 11) is 0. The molecule has 6 rings (SSSR count). The Hall–Kier alpha value is -4.59. The fourth-order valence-electron chi connectivity index (χ4n) is 4.42. The van der Waals surface area contributed by atoms with Gasteiger partial charge in [-0.2, -0.15) is 4.98 Å². The molecule has 1 amide bonds. The maximum Gasteiger partial charge on any atom is 0.259 e. The Kier molecular flexibility index (Phi) is 4.76. The summed E-state index contributed by atoms with van der Waals surface area (Å²) in [4.78, 5) is 36.8. The first-order valence-corrected chi connectivity index (χ1v) is 11.0. The van der Waals surface area contributed by atoms with Gasteiger partial charge in [-0.25, -0.2) is 0 Å². The van der Waals surface area contributed by atoms with Crippen LogP contribution in [0.4, 0.5) is 5.69 Å². The number of hydrogen-bond acceptors (Lipinski definition) is 6. The highest BCUT2D eigenvalue weighted by Crippen LogP contribution is 2.29. The van der Waals surface area contributed by atoms with Gasteiger partial charge in [-0.1, -0.05) is 47.6 Å². The largest absolute Gasteiger partial charge is 0.334 e. The fourth-order valence-corrected chi connectivity index (χ4v) is 4.42. The van der Waals surface area contributed by atoms with Crippen LogP contribution in [0.15, 0.2) is 88.3 Å². The van der Waals surface area contributed by atoms with Crippen LogP contribution in [0.2, 0.25) is 0 Å². The standard InChI is InChI=1S/C26H19N5O3/c32-23-15-19(26-28-25(29-34-26)20-9-5-6-13-27-20)18-8-2-4-11-22(18)31(23)16-24(33)30-14-12-17-7-1-3-10-21(17)30/h1-11,13,15H,12,14,16H2. The van der Waals surface area contributed by atoms with Crippen LogP contribution in [0.25, 0.3) is 33.9 Å². The van der Waals surface area contributed by atoms with Crippen LogP contribution >= 0.6 is 0 Å². The molecule has 0 saturated heterocycles. The van der Waals surface area contributed by atoms with E-state index in [1.165, 1.54) is 10.6 Å². The van der Waals surface area contributed by atoms with Crippen molar-refractivity contribution in [2.24, 2.45) is 0 Å². The lowest BCUT2D eigenvalue weighted by molar-refractivity contribution is -0.119. The molecule has 166 valence electrons. The van der Waals surface area contributed by atoms with E-state index in [-0.39, 0.29) is 23.9 Å². The fraction of sp³-hybridized carbons (Fsp3) is 0.115. The molecular weight excluding hydrogens is 430 g/mol. The number of amides is 1. The Labute approximate surface area is 194 Å². The van der Waals surface area contributed by atoms with Crippen LogP contribution in [0.3, 0.4) is 0 Å². The van der Waals surface area contributed by atoms with Crippen LogP contribution < -0.4 is 10.5 Å². The Morgan fingerprint density at radius 2 is 1.82 bits per heavy atom. The predicted octanol–water partition coefficient (Wildman–Crippen LogP) is 3.70. The number of para-hydroxylation sites is 2. The van der Waals surface area contributed by atoms with Gasteiger partial charge in [0, 0.05) is 29.9 Å². The molecule has 1 aliphatic heterocycles. The van der Waals surface area contributed by atoms with E-state index in [4.69, 9.17) is 4.52 Å². The molecule has 0 aliphatic carbocycles. The highest BCUT2D eigenvalue weighted by atomic mass is 16.5. The topological polar surface area (TPSA) is 94.1 Å². The second-order valence-corrected chi connectivity index (χ2v) is 8.06. The molecular formula is C26H19N5O3. The van der Waals surface area contributed by atoms with Gasteiger partial charge < -0.3 is 9.42 Å². The molecule has 34 heavy (non-hydrogen) atoms. The summed E-state index contributed by atoms with van der Waals surface area (Å²) < 4.78 is 6.98. The number of benzene rings is 2. The van der Waals surface area contributed by atoms with Crippen LogP contribution in [0.1, 0.15) is 5.56 Å². The van der Waals surface area contributed by atoms with Crippen molar-refractivity contribution in [3.63, 3.8) is 0 Å². The average molecular weight is 449 g/mol. The van der Waals surface area contributed by atoms with Gasteiger partial charge in [0.2, 0.25) is 11.7 Å². The number of hydrogen-bond donors (Lipinski definition) is 0. The molecule has 0 N–H and O–H groups in total. The molecule has 8 heteroatoms. The number of anilines is 1. The molecule has 0 unspecified atom stereocenters. The van der Waals surface area contributed by atoms with Crippen molar-refractivity contribution in [3.05, 3.63) is 94.9 Å². The Morgan fingerprint density at radius 1 is 1.00 bits per heavy atom. The maximum atomic E-state index is 13.2. The lowest BCUT2D eigenvalue weighted by Crippen LogP contribution is -2.35.